The maximum Gasteiger partial charge on any atom is 0.247 e. The van der Waals surface area contributed by atoms with Crippen LogP contribution in [0.3, 0.4) is 0 Å². The van der Waals surface area contributed by atoms with Crippen LogP contribution in [0.2, 0.25) is 0 Å². The number of likely N-dealkylation sites (N-methyl/N-ethyl adjacent to an activating group) is 1. The highest BCUT2D eigenvalue weighted by molar-refractivity contribution is 5.95. The van der Waals surface area contributed by atoms with Gasteiger partial charge in [0.25, 0.3) is 0 Å². The molecule has 4 nitrogen and oxygen atoms in total. The standard InChI is InChI=1S/C11H20N2O2/c1-4-6-9(7-5-2)11(15)13-8-10(14)12-3/h6H,4-5,7-8H2,1-3H3,(H,12,14)(H,13,15)/b9-6+. The van der Waals surface area contributed by atoms with E-state index in [2.05, 4.69) is 10.6 Å². The highest BCUT2D eigenvalue weighted by atomic mass is 16.2. The molecule has 15 heavy (non-hydrogen) atoms. The maximum atomic E-state index is 11.6. The normalized spacial score (nSPS) is 11.0. The lowest BCUT2D eigenvalue weighted by atomic mass is 10.1. The molecule has 0 aromatic heterocycles. The summed E-state index contributed by atoms with van der Waals surface area (Å²) < 4.78 is 0. The van der Waals surface area contributed by atoms with Gasteiger partial charge in [0.05, 0.1) is 6.54 Å². The SMILES string of the molecule is CC/C=C(\CCC)C(=O)NCC(=O)NC. The van der Waals surface area contributed by atoms with Crippen LogP contribution in [0, 0.1) is 0 Å². The quantitative estimate of drug-likeness (QED) is 0.645. The van der Waals surface area contributed by atoms with Crippen molar-refractivity contribution in [1.82, 2.24) is 10.6 Å². The van der Waals surface area contributed by atoms with Crippen molar-refractivity contribution in [3.05, 3.63) is 11.6 Å². The van der Waals surface area contributed by atoms with Crippen LogP contribution in [-0.2, 0) is 9.59 Å². The Morgan fingerprint density at radius 1 is 1.27 bits per heavy atom. The van der Waals surface area contributed by atoms with Crippen molar-refractivity contribution in [2.75, 3.05) is 13.6 Å². The van der Waals surface area contributed by atoms with Crippen LogP contribution in [0.4, 0.5) is 0 Å². The lowest BCUT2D eigenvalue weighted by Crippen LogP contribution is -2.35. The Morgan fingerprint density at radius 2 is 1.93 bits per heavy atom. The van der Waals surface area contributed by atoms with Gasteiger partial charge in [-0.15, -0.1) is 0 Å². The summed E-state index contributed by atoms with van der Waals surface area (Å²) in [5.41, 5.74) is 0.768. The van der Waals surface area contributed by atoms with Crippen LogP contribution < -0.4 is 10.6 Å². The zero-order chi connectivity index (χ0) is 11.7. The Morgan fingerprint density at radius 3 is 2.40 bits per heavy atom. The van der Waals surface area contributed by atoms with Gasteiger partial charge in [-0.1, -0.05) is 26.3 Å². The Kier molecular flexibility index (Phi) is 7.32. The van der Waals surface area contributed by atoms with E-state index < -0.39 is 0 Å². The van der Waals surface area contributed by atoms with Crippen molar-refractivity contribution >= 4 is 11.8 Å². The average molecular weight is 212 g/mol. The van der Waals surface area contributed by atoms with Gasteiger partial charge in [-0.05, 0) is 12.8 Å². The summed E-state index contributed by atoms with van der Waals surface area (Å²) in [5.74, 6) is -0.321. The first kappa shape index (κ1) is 13.7. The zero-order valence-corrected chi connectivity index (χ0v) is 9.72. The number of allylic oxidation sites excluding steroid dienone is 1. The number of hydrogen-bond donors (Lipinski definition) is 2. The predicted molar refractivity (Wildman–Crippen MR) is 60.4 cm³/mol. The second-order valence-corrected chi connectivity index (χ2v) is 3.24. The lowest BCUT2D eigenvalue weighted by Gasteiger charge is -2.07. The molecule has 0 spiro atoms. The van der Waals surface area contributed by atoms with Gasteiger partial charge < -0.3 is 10.6 Å². The van der Waals surface area contributed by atoms with Crippen LogP contribution in [0.1, 0.15) is 33.1 Å². The third kappa shape index (κ3) is 5.88. The third-order valence-electron chi connectivity index (χ3n) is 1.95. The van der Waals surface area contributed by atoms with E-state index in [4.69, 9.17) is 0 Å². The number of carbonyl (C=O) groups excluding carboxylic acids is 2. The van der Waals surface area contributed by atoms with Crippen molar-refractivity contribution in [1.29, 1.82) is 0 Å². The van der Waals surface area contributed by atoms with Gasteiger partial charge in [0, 0.05) is 12.6 Å². The summed E-state index contributed by atoms with van der Waals surface area (Å²) in [6, 6.07) is 0. The number of hydrogen-bond acceptors (Lipinski definition) is 2. The van der Waals surface area contributed by atoms with E-state index in [9.17, 15) is 9.59 Å². The van der Waals surface area contributed by atoms with E-state index >= 15 is 0 Å². The first-order valence-corrected chi connectivity index (χ1v) is 5.33. The van der Waals surface area contributed by atoms with Crippen molar-refractivity contribution in [3.63, 3.8) is 0 Å². The molecule has 86 valence electrons. The van der Waals surface area contributed by atoms with E-state index in [0.29, 0.717) is 0 Å². The van der Waals surface area contributed by atoms with Crippen molar-refractivity contribution in [3.8, 4) is 0 Å². The second kappa shape index (κ2) is 8.03. The summed E-state index contributed by atoms with van der Waals surface area (Å²) in [5, 5.41) is 5.03. The molecule has 0 atom stereocenters. The summed E-state index contributed by atoms with van der Waals surface area (Å²) in [4.78, 5) is 22.5. The Labute approximate surface area is 91.1 Å². The first-order chi connectivity index (χ1) is 7.15. The summed E-state index contributed by atoms with van der Waals surface area (Å²) >= 11 is 0. The van der Waals surface area contributed by atoms with Gasteiger partial charge in [-0.25, -0.2) is 0 Å². The van der Waals surface area contributed by atoms with Gasteiger partial charge in [-0.2, -0.15) is 0 Å². The minimum Gasteiger partial charge on any atom is -0.358 e. The molecule has 0 aliphatic heterocycles. The van der Waals surface area contributed by atoms with Crippen molar-refractivity contribution < 1.29 is 9.59 Å². The van der Waals surface area contributed by atoms with Crippen molar-refractivity contribution in [2.45, 2.75) is 33.1 Å². The van der Waals surface area contributed by atoms with Gasteiger partial charge in [-0.3, -0.25) is 9.59 Å². The van der Waals surface area contributed by atoms with Gasteiger partial charge >= 0.3 is 0 Å². The van der Waals surface area contributed by atoms with Gasteiger partial charge in [0.1, 0.15) is 0 Å². The van der Waals surface area contributed by atoms with Gasteiger partial charge in [0.15, 0.2) is 0 Å². The second-order valence-electron chi connectivity index (χ2n) is 3.24. The van der Waals surface area contributed by atoms with Crippen LogP contribution in [0.15, 0.2) is 11.6 Å². The molecule has 2 N–H and O–H groups in total. The van der Waals surface area contributed by atoms with E-state index in [1.54, 1.807) is 7.05 Å². The fourth-order valence-electron chi connectivity index (χ4n) is 1.19. The van der Waals surface area contributed by atoms with E-state index in [0.717, 1.165) is 24.8 Å². The smallest absolute Gasteiger partial charge is 0.247 e. The minimum absolute atomic E-state index is 0.0418. The largest absolute Gasteiger partial charge is 0.358 e. The monoisotopic (exact) mass is 212 g/mol. The number of nitrogens with one attached hydrogen (secondary N) is 2. The highest BCUT2D eigenvalue weighted by Gasteiger charge is 2.08. The zero-order valence-electron chi connectivity index (χ0n) is 9.72. The number of carbonyl (C=O) groups is 2. The first-order valence-electron chi connectivity index (χ1n) is 5.33. The lowest BCUT2D eigenvalue weighted by molar-refractivity contribution is -0.124. The topological polar surface area (TPSA) is 58.2 Å². The Bertz CT molecular complexity index is 247. The summed E-state index contributed by atoms with van der Waals surface area (Å²) in [6.07, 6.45) is 4.43. The molecule has 0 aromatic carbocycles. The van der Waals surface area contributed by atoms with Crippen LogP contribution in [0.25, 0.3) is 0 Å². The third-order valence-corrected chi connectivity index (χ3v) is 1.95. The number of rotatable bonds is 6. The molecular formula is C11H20N2O2. The number of amides is 2. The Balaban J connectivity index is 4.15. The predicted octanol–water partition coefficient (Wildman–Crippen LogP) is 0.985. The molecule has 0 saturated heterocycles. The van der Waals surface area contributed by atoms with Crippen LogP contribution in [-0.4, -0.2) is 25.4 Å². The molecule has 0 rings (SSSR count). The molecule has 4 heteroatoms. The van der Waals surface area contributed by atoms with Crippen LogP contribution >= 0.6 is 0 Å². The van der Waals surface area contributed by atoms with E-state index in [1.165, 1.54) is 0 Å². The molecule has 0 unspecified atom stereocenters. The Hall–Kier alpha value is -1.32. The maximum absolute atomic E-state index is 11.6. The summed E-state index contributed by atoms with van der Waals surface area (Å²) in [6.45, 7) is 4.05. The molecule has 0 aliphatic carbocycles. The molecule has 0 bridgehead atoms. The molecule has 0 saturated carbocycles. The van der Waals surface area contributed by atoms with Gasteiger partial charge in [0.2, 0.25) is 11.8 Å². The molecule has 2 amide bonds. The molecule has 0 aromatic rings. The van der Waals surface area contributed by atoms with Crippen molar-refractivity contribution in [2.24, 2.45) is 0 Å². The van der Waals surface area contributed by atoms with E-state index in [1.807, 2.05) is 19.9 Å². The molecular weight excluding hydrogens is 192 g/mol. The molecule has 0 fully saturated rings. The molecule has 0 heterocycles. The molecule has 0 aliphatic rings. The summed E-state index contributed by atoms with van der Waals surface area (Å²) in [7, 11) is 1.54. The van der Waals surface area contributed by atoms with E-state index in [-0.39, 0.29) is 18.4 Å². The van der Waals surface area contributed by atoms with Crippen LogP contribution in [0.5, 0.6) is 0 Å². The average Bonchev–Trinajstić information content (AvgIpc) is 2.25. The fourth-order valence-corrected chi connectivity index (χ4v) is 1.19. The molecule has 0 radical (unpaired) electrons. The minimum atomic E-state index is -0.185. The fraction of sp³-hybridized carbons (Fsp3) is 0.636. The highest BCUT2D eigenvalue weighted by Crippen LogP contribution is 2.05.